The predicted octanol–water partition coefficient (Wildman–Crippen LogP) is 3.80. The van der Waals surface area contributed by atoms with Gasteiger partial charge in [0, 0.05) is 16.8 Å². The van der Waals surface area contributed by atoms with Gasteiger partial charge in [0.25, 0.3) is 5.91 Å². The first-order valence-electron chi connectivity index (χ1n) is 8.21. The fraction of sp³-hybridized carbons (Fsp3) is 0.0455. The molecule has 1 atom stereocenters. The van der Waals surface area contributed by atoms with Crippen LogP contribution >= 0.6 is 11.6 Å². The maximum Gasteiger partial charge on any atom is 0.273 e. The van der Waals surface area contributed by atoms with Gasteiger partial charge in [-0.25, -0.2) is 0 Å². The summed E-state index contributed by atoms with van der Waals surface area (Å²) in [6.07, 6.45) is 0. The number of nitrogens with one attached hydrogen (secondary N) is 1. The number of amides is 1. The molecule has 0 fully saturated rings. The van der Waals surface area contributed by atoms with Crippen molar-refractivity contribution in [1.29, 1.82) is 0 Å². The highest BCUT2D eigenvalue weighted by Gasteiger charge is 2.36. The van der Waals surface area contributed by atoms with Crippen molar-refractivity contribution in [3.05, 3.63) is 95.0 Å². The van der Waals surface area contributed by atoms with Crippen molar-refractivity contribution in [2.75, 3.05) is 11.1 Å². The molecule has 3 aromatic carbocycles. The van der Waals surface area contributed by atoms with E-state index in [0.29, 0.717) is 27.5 Å². The lowest BCUT2D eigenvalue weighted by Gasteiger charge is -2.22. The van der Waals surface area contributed by atoms with E-state index in [4.69, 9.17) is 17.3 Å². The summed E-state index contributed by atoms with van der Waals surface area (Å²) >= 11 is 6.00. The second-order valence-electron chi connectivity index (χ2n) is 5.88. The molecule has 0 aliphatic carbocycles. The lowest BCUT2D eigenvalue weighted by Crippen LogP contribution is -2.39. The van der Waals surface area contributed by atoms with Crippen molar-refractivity contribution in [2.45, 2.75) is 5.60 Å². The third-order valence-electron chi connectivity index (χ3n) is 3.94. The smallest absolute Gasteiger partial charge is 0.273 e. The number of hydrogen-bond acceptors (Lipinski definition) is 3. The van der Waals surface area contributed by atoms with Gasteiger partial charge in [-0.15, -0.1) is 0 Å². The van der Waals surface area contributed by atoms with Gasteiger partial charge < -0.3 is 16.2 Å². The first-order valence-corrected chi connectivity index (χ1v) is 8.59. The Kier molecular flexibility index (Phi) is 5.46. The number of halogens is 1. The molecular formula is C22H17ClN2O2. The maximum absolute atomic E-state index is 12.9. The number of nitrogen functional groups attached to an aromatic ring is 1. The van der Waals surface area contributed by atoms with Crippen LogP contribution in [0.5, 0.6) is 0 Å². The van der Waals surface area contributed by atoms with Gasteiger partial charge in [0.2, 0.25) is 5.60 Å². The van der Waals surface area contributed by atoms with Crippen molar-refractivity contribution in [3.63, 3.8) is 0 Å². The first kappa shape index (κ1) is 18.5. The van der Waals surface area contributed by atoms with E-state index in [1.165, 1.54) is 6.07 Å². The number of rotatable bonds is 3. The molecule has 27 heavy (non-hydrogen) atoms. The second-order valence-corrected chi connectivity index (χ2v) is 6.29. The molecule has 0 aliphatic rings. The third kappa shape index (κ3) is 4.29. The van der Waals surface area contributed by atoms with E-state index < -0.39 is 11.5 Å². The number of carbonyl (C=O) groups excluding carboxylic acids is 1. The van der Waals surface area contributed by atoms with E-state index in [0.717, 1.165) is 0 Å². The zero-order valence-corrected chi connectivity index (χ0v) is 15.1. The summed E-state index contributed by atoms with van der Waals surface area (Å²) < 4.78 is 0. The Morgan fingerprint density at radius 1 is 1.00 bits per heavy atom. The van der Waals surface area contributed by atoms with Crippen LogP contribution in [0.3, 0.4) is 0 Å². The highest BCUT2D eigenvalue weighted by molar-refractivity contribution is 6.33. The maximum atomic E-state index is 12.9. The molecule has 134 valence electrons. The lowest BCUT2D eigenvalue weighted by molar-refractivity contribution is -0.129. The summed E-state index contributed by atoms with van der Waals surface area (Å²) in [4.78, 5) is 12.9. The van der Waals surface area contributed by atoms with Crippen LogP contribution in [-0.4, -0.2) is 11.0 Å². The summed E-state index contributed by atoms with van der Waals surface area (Å²) in [6, 6.07) is 22.4. The zero-order valence-electron chi connectivity index (χ0n) is 14.3. The molecule has 1 unspecified atom stereocenters. The summed E-state index contributed by atoms with van der Waals surface area (Å²) in [5.41, 5.74) is 5.53. The van der Waals surface area contributed by atoms with Crippen molar-refractivity contribution >= 4 is 28.9 Å². The zero-order chi connectivity index (χ0) is 19.3. The molecule has 0 aliphatic heterocycles. The van der Waals surface area contributed by atoms with Crippen LogP contribution in [0.25, 0.3) is 0 Å². The minimum atomic E-state index is -2.04. The second kappa shape index (κ2) is 7.96. The topological polar surface area (TPSA) is 75.3 Å². The lowest BCUT2D eigenvalue weighted by atomic mass is 9.92. The van der Waals surface area contributed by atoms with Gasteiger partial charge in [0.1, 0.15) is 0 Å². The molecule has 4 nitrogen and oxygen atoms in total. The van der Waals surface area contributed by atoms with Gasteiger partial charge in [-0.3, -0.25) is 4.79 Å². The average Bonchev–Trinajstić information content (AvgIpc) is 2.70. The Balaban J connectivity index is 1.98. The highest BCUT2D eigenvalue weighted by Crippen LogP contribution is 2.26. The van der Waals surface area contributed by atoms with Crippen LogP contribution in [0.2, 0.25) is 5.02 Å². The monoisotopic (exact) mass is 376 g/mol. The fourth-order valence-corrected chi connectivity index (χ4v) is 2.63. The predicted molar refractivity (Wildman–Crippen MR) is 108 cm³/mol. The van der Waals surface area contributed by atoms with Crippen molar-refractivity contribution < 1.29 is 9.90 Å². The van der Waals surface area contributed by atoms with Crippen LogP contribution in [0.15, 0.2) is 78.9 Å². The van der Waals surface area contributed by atoms with E-state index in [-0.39, 0.29) is 0 Å². The van der Waals surface area contributed by atoms with Crippen molar-refractivity contribution in [1.82, 2.24) is 0 Å². The van der Waals surface area contributed by atoms with Gasteiger partial charge in [0.05, 0.1) is 10.7 Å². The van der Waals surface area contributed by atoms with Gasteiger partial charge >= 0.3 is 0 Å². The number of aliphatic hydroxyl groups is 1. The molecule has 3 aromatic rings. The molecular weight excluding hydrogens is 360 g/mol. The standard InChI is InChI=1S/C22H17ClN2O2/c23-19-15-18(11-12-20(19)24)25-21(26)22(27,17-9-5-2-6-10-17)14-13-16-7-3-1-4-8-16/h1-12,15,27H,24H2,(H,25,26). The number of benzene rings is 3. The van der Waals surface area contributed by atoms with Gasteiger partial charge in [-0.05, 0) is 36.3 Å². The summed E-state index contributed by atoms with van der Waals surface area (Å²) in [6.45, 7) is 0. The Bertz CT molecular complexity index is 1010. The third-order valence-corrected chi connectivity index (χ3v) is 4.27. The molecule has 0 spiro atoms. The number of anilines is 2. The van der Waals surface area contributed by atoms with Gasteiger partial charge in [-0.2, -0.15) is 0 Å². The molecule has 0 saturated carbocycles. The van der Waals surface area contributed by atoms with E-state index in [1.807, 2.05) is 18.2 Å². The van der Waals surface area contributed by atoms with Crippen LogP contribution in [0, 0.1) is 11.8 Å². The Labute approximate surface area is 162 Å². The quantitative estimate of drug-likeness (QED) is 0.480. The molecule has 3 rings (SSSR count). The molecule has 0 heterocycles. The van der Waals surface area contributed by atoms with E-state index in [2.05, 4.69) is 17.2 Å². The molecule has 4 N–H and O–H groups in total. The van der Waals surface area contributed by atoms with Gasteiger partial charge in [-0.1, -0.05) is 66.1 Å². The van der Waals surface area contributed by atoms with Crippen LogP contribution in [-0.2, 0) is 10.4 Å². The summed E-state index contributed by atoms with van der Waals surface area (Å²) in [5, 5.41) is 14.1. The number of carbonyl (C=O) groups is 1. The van der Waals surface area contributed by atoms with Crippen LogP contribution < -0.4 is 11.1 Å². The van der Waals surface area contributed by atoms with Crippen LogP contribution in [0.1, 0.15) is 11.1 Å². The highest BCUT2D eigenvalue weighted by atomic mass is 35.5. The molecule has 0 aromatic heterocycles. The molecule has 1 amide bonds. The Hall–Kier alpha value is -3.26. The van der Waals surface area contributed by atoms with Crippen molar-refractivity contribution in [2.24, 2.45) is 0 Å². The van der Waals surface area contributed by atoms with E-state index >= 15 is 0 Å². The number of nitrogens with two attached hydrogens (primary N) is 1. The molecule has 0 bridgehead atoms. The molecule has 0 saturated heterocycles. The molecule has 0 radical (unpaired) electrons. The Morgan fingerprint density at radius 2 is 1.63 bits per heavy atom. The average molecular weight is 377 g/mol. The fourth-order valence-electron chi connectivity index (χ4n) is 2.45. The minimum Gasteiger partial charge on any atom is -0.398 e. The van der Waals surface area contributed by atoms with E-state index in [9.17, 15) is 9.90 Å². The minimum absolute atomic E-state index is 0.312. The SMILES string of the molecule is Nc1ccc(NC(=O)C(O)(C#Cc2ccccc2)c2ccccc2)cc1Cl. The largest absolute Gasteiger partial charge is 0.398 e. The Morgan fingerprint density at radius 3 is 2.26 bits per heavy atom. The van der Waals surface area contributed by atoms with Crippen LogP contribution in [0.4, 0.5) is 11.4 Å². The molecule has 5 heteroatoms. The van der Waals surface area contributed by atoms with Gasteiger partial charge in [0.15, 0.2) is 0 Å². The summed E-state index contributed by atoms with van der Waals surface area (Å²) in [5.74, 6) is 4.89. The normalized spacial score (nSPS) is 12.4. The van der Waals surface area contributed by atoms with Crippen molar-refractivity contribution in [3.8, 4) is 11.8 Å². The first-order chi connectivity index (χ1) is 13.0. The van der Waals surface area contributed by atoms with E-state index in [1.54, 1.807) is 54.6 Å². The summed E-state index contributed by atoms with van der Waals surface area (Å²) in [7, 11) is 0. The number of hydrogen-bond donors (Lipinski definition) is 3.